The Morgan fingerprint density at radius 1 is 0.767 bits per heavy atom. The summed E-state index contributed by atoms with van der Waals surface area (Å²) in [5.41, 5.74) is 5.34. The first-order valence-corrected chi connectivity index (χ1v) is 19.0. The zero-order chi connectivity index (χ0) is 32.2. The molecule has 0 spiro atoms. The fourth-order valence-corrected chi connectivity index (χ4v) is 5.79. The Balaban J connectivity index is 4.39. The van der Waals surface area contributed by atoms with Crippen LogP contribution in [-0.2, 0) is 18.4 Å². The lowest BCUT2D eigenvalue weighted by atomic mass is 10.0. The zero-order valence-electron chi connectivity index (χ0n) is 28.3. The number of hydrogen-bond donors (Lipinski definition) is 4. The summed E-state index contributed by atoms with van der Waals surface area (Å²) < 4.78 is 22.0. The molecule has 43 heavy (non-hydrogen) atoms. The van der Waals surface area contributed by atoms with Gasteiger partial charge in [-0.15, -0.1) is 0 Å². The minimum atomic E-state index is -4.32. The number of carbonyl (C=O) groups excluding carboxylic acids is 1. The molecule has 0 fully saturated rings. The van der Waals surface area contributed by atoms with Gasteiger partial charge in [0.25, 0.3) is 0 Å². The number of amides is 1. The highest BCUT2D eigenvalue weighted by atomic mass is 31.2. The molecule has 5 N–H and O–H groups in total. The second-order valence-electron chi connectivity index (χ2n) is 13.0. The second kappa shape index (κ2) is 28.7. The normalized spacial score (nSPS) is 14.9. The number of aliphatic hydroxyl groups is 1. The maximum absolute atomic E-state index is 12.6. The predicted molar refractivity (Wildman–Crippen MR) is 180 cm³/mol. The standard InChI is InChI=1S/C34H69N2O6P/c1-30(2)23-19-15-11-7-5-9-13-17-21-25-33(37)32(29-42-43(39,40)41-28-27-35)36-34(38)26-22-18-14-10-6-8-12-16-20-24-31(3)4/h21,25,30-33,37H,5-20,22-24,26-29,35H2,1-4H3,(H,36,38)(H,39,40)/b25-21+/t32-,33-/m1/s1. The number of phosphoric ester groups is 1. The van der Waals surface area contributed by atoms with E-state index in [-0.39, 0.29) is 25.7 Å². The summed E-state index contributed by atoms with van der Waals surface area (Å²) in [7, 11) is -4.32. The number of nitrogens with one attached hydrogen (secondary N) is 1. The Hall–Kier alpha value is -0.760. The number of carbonyl (C=O) groups is 1. The van der Waals surface area contributed by atoms with Crippen LogP contribution < -0.4 is 11.1 Å². The fraction of sp³-hybridized carbons (Fsp3) is 0.912. The molecule has 0 rings (SSSR count). The van der Waals surface area contributed by atoms with Crippen molar-refractivity contribution in [2.75, 3.05) is 19.8 Å². The van der Waals surface area contributed by atoms with E-state index in [0.717, 1.165) is 50.4 Å². The topological polar surface area (TPSA) is 131 Å². The molecule has 1 amide bonds. The van der Waals surface area contributed by atoms with Gasteiger partial charge in [-0.25, -0.2) is 4.57 Å². The van der Waals surface area contributed by atoms with Crippen molar-refractivity contribution < 1.29 is 28.4 Å². The summed E-state index contributed by atoms with van der Waals surface area (Å²) in [4.78, 5) is 22.5. The van der Waals surface area contributed by atoms with E-state index in [1.807, 2.05) is 6.08 Å². The van der Waals surface area contributed by atoms with Crippen LogP contribution in [0.4, 0.5) is 0 Å². The lowest BCUT2D eigenvalue weighted by molar-refractivity contribution is -0.123. The van der Waals surface area contributed by atoms with Crippen LogP contribution in [0.1, 0.15) is 156 Å². The molecular weight excluding hydrogens is 563 g/mol. The summed E-state index contributed by atoms with van der Waals surface area (Å²) in [5, 5.41) is 13.6. The Morgan fingerprint density at radius 3 is 1.72 bits per heavy atom. The first-order valence-electron chi connectivity index (χ1n) is 17.5. The van der Waals surface area contributed by atoms with Crippen LogP contribution in [0.15, 0.2) is 12.2 Å². The molecule has 0 radical (unpaired) electrons. The molecule has 0 aliphatic rings. The molecule has 0 aromatic heterocycles. The lowest BCUT2D eigenvalue weighted by Gasteiger charge is -2.23. The molecule has 0 aromatic carbocycles. The van der Waals surface area contributed by atoms with Crippen molar-refractivity contribution in [2.24, 2.45) is 17.6 Å². The van der Waals surface area contributed by atoms with E-state index in [1.54, 1.807) is 6.08 Å². The van der Waals surface area contributed by atoms with Crippen LogP contribution in [0.5, 0.6) is 0 Å². The second-order valence-corrected chi connectivity index (χ2v) is 14.5. The van der Waals surface area contributed by atoms with Crippen LogP contribution in [0.2, 0.25) is 0 Å². The first-order chi connectivity index (χ1) is 20.6. The number of hydrogen-bond acceptors (Lipinski definition) is 6. The van der Waals surface area contributed by atoms with Gasteiger partial charge >= 0.3 is 7.82 Å². The van der Waals surface area contributed by atoms with Gasteiger partial charge in [0.2, 0.25) is 5.91 Å². The maximum atomic E-state index is 12.6. The number of phosphoric acid groups is 1. The zero-order valence-corrected chi connectivity index (χ0v) is 29.2. The van der Waals surface area contributed by atoms with E-state index < -0.39 is 20.0 Å². The number of aliphatic hydroxyl groups excluding tert-OH is 1. The Morgan fingerprint density at radius 2 is 1.23 bits per heavy atom. The maximum Gasteiger partial charge on any atom is 0.472 e. The average Bonchev–Trinajstić information content (AvgIpc) is 2.95. The van der Waals surface area contributed by atoms with Crippen LogP contribution in [0.25, 0.3) is 0 Å². The molecule has 0 saturated heterocycles. The third kappa shape index (κ3) is 29.7. The minimum Gasteiger partial charge on any atom is -0.387 e. The summed E-state index contributed by atoms with van der Waals surface area (Å²) >= 11 is 0. The molecule has 0 heterocycles. The molecule has 1 unspecified atom stereocenters. The molecule has 0 aromatic rings. The van der Waals surface area contributed by atoms with Crippen molar-refractivity contribution in [3.8, 4) is 0 Å². The van der Waals surface area contributed by atoms with E-state index in [0.29, 0.717) is 6.42 Å². The molecule has 256 valence electrons. The Kier molecular flexibility index (Phi) is 28.2. The van der Waals surface area contributed by atoms with Gasteiger partial charge in [-0.1, -0.05) is 143 Å². The van der Waals surface area contributed by atoms with Gasteiger partial charge < -0.3 is 21.1 Å². The molecule has 0 aliphatic carbocycles. The summed E-state index contributed by atoms with van der Waals surface area (Å²) in [6.45, 7) is 8.72. The van der Waals surface area contributed by atoms with Gasteiger partial charge in [0.15, 0.2) is 0 Å². The molecular formula is C34H69N2O6P. The number of unbranched alkanes of at least 4 members (excludes halogenated alkanes) is 15. The van der Waals surface area contributed by atoms with Crippen molar-refractivity contribution in [3.05, 3.63) is 12.2 Å². The van der Waals surface area contributed by atoms with Crippen LogP contribution in [0.3, 0.4) is 0 Å². The van der Waals surface area contributed by atoms with E-state index >= 15 is 0 Å². The highest BCUT2D eigenvalue weighted by Gasteiger charge is 2.26. The number of rotatable bonds is 31. The number of nitrogens with two attached hydrogens (primary N) is 1. The Bertz CT molecular complexity index is 719. The van der Waals surface area contributed by atoms with Gasteiger partial charge in [-0.3, -0.25) is 13.8 Å². The Labute approximate surface area is 265 Å². The van der Waals surface area contributed by atoms with Crippen molar-refractivity contribution in [3.63, 3.8) is 0 Å². The quantitative estimate of drug-likeness (QED) is 0.0342. The third-order valence-corrected chi connectivity index (χ3v) is 8.70. The van der Waals surface area contributed by atoms with Gasteiger partial charge in [0.1, 0.15) is 0 Å². The third-order valence-electron chi connectivity index (χ3n) is 7.72. The SMILES string of the molecule is CC(C)CCCCCCCCC/C=C/[C@@H](O)[C@@H](COP(=O)(O)OCCN)NC(=O)CCCCCCCCCCCC(C)C. The molecule has 0 saturated carbocycles. The van der Waals surface area contributed by atoms with Crippen molar-refractivity contribution in [2.45, 2.75) is 168 Å². The van der Waals surface area contributed by atoms with Crippen molar-refractivity contribution >= 4 is 13.7 Å². The van der Waals surface area contributed by atoms with E-state index in [2.05, 4.69) is 33.0 Å². The summed E-state index contributed by atoms with van der Waals surface area (Å²) in [6, 6.07) is -0.854. The smallest absolute Gasteiger partial charge is 0.387 e. The van der Waals surface area contributed by atoms with Crippen LogP contribution in [0, 0.1) is 11.8 Å². The highest BCUT2D eigenvalue weighted by molar-refractivity contribution is 7.47. The van der Waals surface area contributed by atoms with Crippen LogP contribution >= 0.6 is 7.82 Å². The van der Waals surface area contributed by atoms with Gasteiger partial charge in [0, 0.05) is 13.0 Å². The van der Waals surface area contributed by atoms with E-state index in [4.69, 9.17) is 14.8 Å². The average molecular weight is 633 g/mol. The predicted octanol–water partition coefficient (Wildman–Crippen LogP) is 8.59. The van der Waals surface area contributed by atoms with Crippen molar-refractivity contribution in [1.82, 2.24) is 5.32 Å². The highest BCUT2D eigenvalue weighted by Crippen LogP contribution is 2.43. The minimum absolute atomic E-state index is 0.0792. The van der Waals surface area contributed by atoms with Gasteiger partial charge in [-0.05, 0) is 31.1 Å². The molecule has 8 nitrogen and oxygen atoms in total. The van der Waals surface area contributed by atoms with Crippen LogP contribution in [-0.4, -0.2) is 47.8 Å². The summed E-state index contributed by atoms with van der Waals surface area (Å²) in [6.07, 6.45) is 25.5. The molecule has 0 aliphatic heterocycles. The van der Waals surface area contributed by atoms with E-state index in [9.17, 15) is 19.4 Å². The molecule has 0 bridgehead atoms. The summed E-state index contributed by atoms with van der Waals surface area (Å²) in [5.74, 6) is 1.39. The fourth-order valence-electron chi connectivity index (χ4n) is 5.03. The van der Waals surface area contributed by atoms with Gasteiger partial charge in [0.05, 0.1) is 25.4 Å². The lowest BCUT2D eigenvalue weighted by Crippen LogP contribution is -2.45. The largest absolute Gasteiger partial charge is 0.472 e. The monoisotopic (exact) mass is 632 g/mol. The molecule has 3 atom stereocenters. The number of allylic oxidation sites excluding steroid dienone is 1. The van der Waals surface area contributed by atoms with Gasteiger partial charge in [-0.2, -0.15) is 0 Å². The van der Waals surface area contributed by atoms with E-state index in [1.165, 1.54) is 83.5 Å². The van der Waals surface area contributed by atoms with Crippen molar-refractivity contribution in [1.29, 1.82) is 0 Å². The molecule has 9 heteroatoms. The first kappa shape index (κ1) is 42.2.